The van der Waals surface area contributed by atoms with Crippen LogP contribution in [0.2, 0.25) is 0 Å². The Morgan fingerprint density at radius 2 is 2.20 bits per heavy atom. The van der Waals surface area contributed by atoms with Crippen molar-refractivity contribution in [2.45, 2.75) is 19.9 Å². The van der Waals surface area contributed by atoms with Crippen LogP contribution < -0.4 is 10.6 Å². The molecule has 0 fully saturated rings. The number of hydrogen-bond donors (Lipinski definition) is 2. The van der Waals surface area contributed by atoms with E-state index in [4.69, 9.17) is 0 Å². The molecule has 0 aliphatic heterocycles. The molecule has 20 heavy (non-hydrogen) atoms. The zero-order valence-electron chi connectivity index (χ0n) is 11.3. The number of amides is 1. The highest BCUT2D eigenvalue weighted by Gasteiger charge is 2.08. The van der Waals surface area contributed by atoms with Crippen LogP contribution in [0.4, 0.5) is 5.82 Å². The number of rotatable bonds is 6. The lowest BCUT2D eigenvalue weighted by Crippen LogP contribution is -2.24. The highest BCUT2D eigenvalue weighted by Crippen LogP contribution is 2.02. The first-order chi connectivity index (χ1) is 9.79. The van der Waals surface area contributed by atoms with Gasteiger partial charge in [0.15, 0.2) is 0 Å². The second-order valence-corrected chi connectivity index (χ2v) is 4.22. The minimum absolute atomic E-state index is 0.261. The summed E-state index contributed by atoms with van der Waals surface area (Å²) in [4.78, 5) is 24.3. The fraction of sp³-hybridized carbons (Fsp3) is 0.286. The number of pyridine rings is 1. The smallest absolute Gasteiger partial charge is 0.271 e. The highest BCUT2D eigenvalue weighted by atomic mass is 16.1. The summed E-state index contributed by atoms with van der Waals surface area (Å²) in [6, 6.07) is 5.56. The van der Waals surface area contributed by atoms with Gasteiger partial charge in [0.25, 0.3) is 5.91 Å². The monoisotopic (exact) mass is 271 g/mol. The molecule has 0 saturated carbocycles. The molecule has 0 aromatic carbocycles. The molecule has 2 rings (SSSR count). The number of carbonyl (C=O) groups is 1. The van der Waals surface area contributed by atoms with Crippen molar-refractivity contribution >= 4 is 11.7 Å². The maximum absolute atomic E-state index is 12.0. The van der Waals surface area contributed by atoms with Gasteiger partial charge in [0.05, 0.1) is 24.6 Å². The summed E-state index contributed by atoms with van der Waals surface area (Å²) in [6.07, 6.45) is 5.73. The molecule has 2 aromatic rings. The molecule has 6 heteroatoms. The summed E-state index contributed by atoms with van der Waals surface area (Å²) in [7, 11) is 0. The SMILES string of the molecule is CCCNc1cncc(C(=O)NCc2ccccn2)n1. The van der Waals surface area contributed by atoms with Crippen LogP contribution in [0.25, 0.3) is 0 Å². The van der Waals surface area contributed by atoms with Gasteiger partial charge in [0.2, 0.25) is 0 Å². The van der Waals surface area contributed by atoms with Crippen LogP contribution in [0.5, 0.6) is 0 Å². The van der Waals surface area contributed by atoms with E-state index in [-0.39, 0.29) is 5.91 Å². The number of anilines is 1. The Morgan fingerprint density at radius 1 is 1.30 bits per heavy atom. The predicted molar refractivity (Wildman–Crippen MR) is 76.2 cm³/mol. The van der Waals surface area contributed by atoms with Crippen molar-refractivity contribution in [1.82, 2.24) is 20.3 Å². The predicted octanol–water partition coefficient (Wildman–Crippen LogP) is 1.62. The Balaban J connectivity index is 1.95. The van der Waals surface area contributed by atoms with Crippen molar-refractivity contribution in [1.29, 1.82) is 0 Å². The van der Waals surface area contributed by atoms with Gasteiger partial charge in [-0.05, 0) is 18.6 Å². The third kappa shape index (κ3) is 4.01. The minimum atomic E-state index is -0.261. The standard InChI is InChI=1S/C14H17N5O/c1-2-6-17-13-10-15-9-12(19-13)14(20)18-8-11-5-3-4-7-16-11/h3-5,7,9-10H,2,6,8H2,1H3,(H,17,19)(H,18,20). The topological polar surface area (TPSA) is 79.8 Å². The molecule has 6 nitrogen and oxygen atoms in total. The van der Waals surface area contributed by atoms with Gasteiger partial charge in [0, 0.05) is 12.7 Å². The first-order valence-corrected chi connectivity index (χ1v) is 6.53. The molecule has 0 aliphatic carbocycles. The number of hydrogen-bond acceptors (Lipinski definition) is 5. The Labute approximate surface area is 117 Å². The third-order valence-corrected chi connectivity index (χ3v) is 2.58. The minimum Gasteiger partial charge on any atom is -0.369 e. The average Bonchev–Trinajstić information content (AvgIpc) is 2.52. The zero-order valence-corrected chi connectivity index (χ0v) is 11.3. The number of nitrogens with one attached hydrogen (secondary N) is 2. The van der Waals surface area contributed by atoms with Crippen LogP contribution in [0, 0.1) is 0 Å². The van der Waals surface area contributed by atoms with E-state index in [0.717, 1.165) is 18.7 Å². The molecule has 2 aromatic heterocycles. The fourth-order valence-corrected chi connectivity index (χ4v) is 1.58. The molecule has 0 bridgehead atoms. The number of nitrogens with zero attached hydrogens (tertiary/aromatic N) is 3. The number of aromatic nitrogens is 3. The van der Waals surface area contributed by atoms with E-state index in [1.807, 2.05) is 18.2 Å². The largest absolute Gasteiger partial charge is 0.369 e. The summed E-state index contributed by atoms with van der Waals surface area (Å²) in [5.74, 6) is 0.348. The van der Waals surface area contributed by atoms with E-state index in [0.29, 0.717) is 18.1 Å². The molecule has 1 amide bonds. The molecule has 2 N–H and O–H groups in total. The molecule has 0 aliphatic rings. The summed E-state index contributed by atoms with van der Waals surface area (Å²) in [6.45, 7) is 3.23. The first kappa shape index (κ1) is 13.9. The van der Waals surface area contributed by atoms with E-state index in [9.17, 15) is 4.79 Å². The highest BCUT2D eigenvalue weighted by molar-refractivity contribution is 5.92. The molecule has 0 spiro atoms. The average molecular weight is 271 g/mol. The third-order valence-electron chi connectivity index (χ3n) is 2.58. The normalized spacial score (nSPS) is 10.1. The van der Waals surface area contributed by atoms with E-state index < -0.39 is 0 Å². The molecule has 2 heterocycles. The van der Waals surface area contributed by atoms with Crippen LogP contribution in [0.1, 0.15) is 29.5 Å². The van der Waals surface area contributed by atoms with Crippen LogP contribution in [-0.2, 0) is 6.54 Å². The van der Waals surface area contributed by atoms with Gasteiger partial charge in [-0.3, -0.25) is 14.8 Å². The first-order valence-electron chi connectivity index (χ1n) is 6.53. The zero-order chi connectivity index (χ0) is 14.2. The summed E-state index contributed by atoms with van der Waals surface area (Å²) in [5, 5.41) is 5.86. The van der Waals surface area contributed by atoms with Gasteiger partial charge < -0.3 is 10.6 Å². The lowest BCUT2D eigenvalue weighted by molar-refractivity contribution is 0.0945. The quantitative estimate of drug-likeness (QED) is 0.834. The van der Waals surface area contributed by atoms with Crippen LogP contribution in [-0.4, -0.2) is 27.4 Å². The summed E-state index contributed by atoms with van der Waals surface area (Å²) in [5.41, 5.74) is 1.09. The maximum Gasteiger partial charge on any atom is 0.271 e. The van der Waals surface area contributed by atoms with Gasteiger partial charge in [-0.15, -0.1) is 0 Å². The Bertz CT molecular complexity index is 559. The van der Waals surface area contributed by atoms with Crippen molar-refractivity contribution in [3.8, 4) is 0 Å². The van der Waals surface area contributed by atoms with Crippen molar-refractivity contribution in [3.63, 3.8) is 0 Å². The summed E-state index contributed by atoms with van der Waals surface area (Å²) >= 11 is 0. The van der Waals surface area contributed by atoms with Gasteiger partial charge >= 0.3 is 0 Å². The molecule has 0 atom stereocenters. The van der Waals surface area contributed by atoms with Crippen molar-refractivity contribution in [2.75, 3.05) is 11.9 Å². The molecule has 104 valence electrons. The maximum atomic E-state index is 12.0. The van der Waals surface area contributed by atoms with E-state index in [1.54, 1.807) is 12.4 Å². The molecule has 0 unspecified atom stereocenters. The Hall–Kier alpha value is -2.50. The van der Waals surface area contributed by atoms with Gasteiger partial charge in [0.1, 0.15) is 11.5 Å². The van der Waals surface area contributed by atoms with Gasteiger partial charge in [-0.1, -0.05) is 13.0 Å². The van der Waals surface area contributed by atoms with Gasteiger partial charge in [-0.25, -0.2) is 4.98 Å². The second-order valence-electron chi connectivity index (χ2n) is 4.22. The summed E-state index contributed by atoms with van der Waals surface area (Å²) < 4.78 is 0. The second kappa shape index (κ2) is 7.18. The lowest BCUT2D eigenvalue weighted by Gasteiger charge is -2.06. The van der Waals surface area contributed by atoms with E-state index in [2.05, 4.69) is 32.5 Å². The van der Waals surface area contributed by atoms with E-state index in [1.165, 1.54) is 6.20 Å². The molecular formula is C14H17N5O. The Kier molecular flexibility index (Phi) is 5.00. The number of carbonyl (C=O) groups excluding carboxylic acids is 1. The van der Waals surface area contributed by atoms with Gasteiger partial charge in [-0.2, -0.15) is 0 Å². The van der Waals surface area contributed by atoms with Crippen LogP contribution >= 0.6 is 0 Å². The van der Waals surface area contributed by atoms with Crippen molar-refractivity contribution in [3.05, 3.63) is 48.2 Å². The van der Waals surface area contributed by atoms with Crippen LogP contribution in [0.3, 0.4) is 0 Å². The molecular weight excluding hydrogens is 254 g/mol. The van der Waals surface area contributed by atoms with Crippen molar-refractivity contribution < 1.29 is 4.79 Å². The Morgan fingerprint density at radius 3 is 2.95 bits per heavy atom. The van der Waals surface area contributed by atoms with E-state index >= 15 is 0 Å². The fourth-order valence-electron chi connectivity index (χ4n) is 1.58. The van der Waals surface area contributed by atoms with Crippen molar-refractivity contribution in [2.24, 2.45) is 0 Å². The van der Waals surface area contributed by atoms with Crippen LogP contribution in [0.15, 0.2) is 36.8 Å². The molecule has 0 saturated heterocycles. The lowest BCUT2D eigenvalue weighted by atomic mass is 10.3. The molecule has 0 radical (unpaired) electrons.